The molecule has 21 heavy (non-hydrogen) atoms. The van der Waals surface area contributed by atoms with Gasteiger partial charge in [-0.3, -0.25) is 10.1 Å². The number of nitrogens with one attached hydrogen (secondary N) is 1. The van der Waals surface area contributed by atoms with Crippen LogP contribution in [-0.4, -0.2) is 33.8 Å². The Hall–Kier alpha value is -2.15. The maximum atomic E-state index is 11.1. The standard InChI is InChI=1S/C14H18N2O5/c17-10-4-1-3-9(7-10)8-15-12-6-2-5-11(14(18)19)13(12)16(20)21/h2,5-6,9-10,15,17H,1,3-4,7-8H2,(H,18,19). The monoisotopic (exact) mass is 294 g/mol. The number of rotatable bonds is 5. The lowest BCUT2D eigenvalue weighted by atomic mass is 9.87. The number of nitrogens with zero attached hydrogens (tertiary/aromatic N) is 1. The first-order valence-electron chi connectivity index (χ1n) is 6.91. The normalized spacial score (nSPS) is 21.8. The first kappa shape index (κ1) is 15.2. The number of hydrogen-bond donors (Lipinski definition) is 3. The van der Waals surface area contributed by atoms with Crippen molar-refractivity contribution in [3.05, 3.63) is 33.9 Å². The number of carbonyl (C=O) groups is 1. The lowest BCUT2D eigenvalue weighted by Gasteiger charge is -2.26. The van der Waals surface area contributed by atoms with Gasteiger partial charge in [0.1, 0.15) is 11.3 Å². The van der Waals surface area contributed by atoms with Gasteiger partial charge in [0.15, 0.2) is 0 Å². The summed E-state index contributed by atoms with van der Waals surface area (Å²) in [6, 6.07) is 4.20. The number of nitro benzene ring substituents is 1. The fourth-order valence-corrected chi connectivity index (χ4v) is 2.76. The van der Waals surface area contributed by atoms with Crippen LogP contribution in [0.5, 0.6) is 0 Å². The van der Waals surface area contributed by atoms with E-state index in [0.29, 0.717) is 13.0 Å². The van der Waals surface area contributed by atoms with Gasteiger partial charge < -0.3 is 15.5 Å². The van der Waals surface area contributed by atoms with E-state index < -0.39 is 16.6 Å². The number of carboxylic acids is 1. The van der Waals surface area contributed by atoms with Gasteiger partial charge in [0, 0.05) is 6.54 Å². The average molecular weight is 294 g/mol. The third kappa shape index (κ3) is 3.69. The Morgan fingerprint density at radius 2 is 2.19 bits per heavy atom. The van der Waals surface area contributed by atoms with Crippen LogP contribution in [0.15, 0.2) is 18.2 Å². The Bertz CT molecular complexity index is 546. The van der Waals surface area contributed by atoms with Gasteiger partial charge in [-0.2, -0.15) is 0 Å². The molecule has 2 unspecified atom stereocenters. The van der Waals surface area contributed by atoms with Crippen LogP contribution in [0.1, 0.15) is 36.0 Å². The third-order valence-electron chi connectivity index (χ3n) is 3.79. The highest BCUT2D eigenvalue weighted by Gasteiger charge is 2.25. The van der Waals surface area contributed by atoms with Gasteiger partial charge in [-0.15, -0.1) is 0 Å². The zero-order chi connectivity index (χ0) is 15.4. The largest absolute Gasteiger partial charge is 0.477 e. The van der Waals surface area contributed by atoms with Crippen LogP contribution in [0.2, 0.25) is 0 Å². The summed E-state index contributed by atoms with van der Waals surface area (Å²) >= 11 is 0. The summed E-state index contributed by atoms with van der Waals surface area (Å²) in [7, 11) is 0. The molecule has 2 rings (SSSR count). The fraction of sp³-hybridized carbons (Fsp3) is 0.500. The molecule has 0 aromatic heterocycles. The van der Waals surface area contributed by atoms with Crippen molar-refractivity contribution in [2.45, 2.75) is 31.8 Å². The highest BCUT2D eigenvalue weighted by atomic mass is 16.6. The molecule has 0 bridgehead atoms. The van der Waals surface area contributed by atoms with E-state index in [1.165, 1.54) is 18.2 Å². The summed E-state index contributed by atoms with van der Waals surface area (Å²) in [4.78, 5) is 21.5. The summed E-state index contributed by atoms with van der Waals surface area (Å²) in [6.07, 6.45) is 3.04. The van der Waals surface area contributed by atoms with E-state index in [1.807, 2.05) is 0 Å². The number of aliphatic hydroxyl groups is 1. The minimum atomic E-state index is -1.32. The number of anilines is 1. The highest BCUT2D eigenvalue weighted by molar-refractivity contribution is 5.95. The van der Waals surface area contributed by atoms with Crippen molar-refractivity contribution in [3.8, 4) is 0 Å². The van der Waals surface area contributed by atoms with Crippen LogP contribution in [0.3, 0.4) is 0 Å². The smallest absolute Gasteiger partial charge is 0.342 e. The number of nitro groups is 1. The molecule has 0 radical (unpaired) electrons. The van der Waals surface area contributed by atoms with E-state index >= 15 is 0 Å². The molecule has 1 saturated carbocycles. The average Bonchev–Trinajstić information content (AvgIpc) is 2.44. The first-order valence-corrected chi connectivity index (χ1v) is 6.91. The summed E-state index contributed by atoms with van der Waals surface area (Å²) in [5, 5.41) is 32.7. The number of hydrogen-bond acceptors (Lipinski definition) is 5. The van der Waals surface area contributed by atoms with E-state index in [9.17, 15) is 20.0 Å². The van der Waals surface area contributed by atoms with Crippen LogP contribution in [0.4, 0.5) is 11.4 Å². The Morgan fingerprint density at radius 3 is 2.81 bits per heavy atom. The Kier molecular flexibility index (Phi) is 4.74. The van der Waals surface area contributed by atoms with Crippen molar-refractivity contribution < 1.29 is 19.9 Å². The number of aromatic carboxylic acids is 1. The van der Waals surface area contributed by atoms with Gasteiger partial charge in [-0.1, -0.05) is 12.5 Å². The van der Waals surface area contributed by atoms with Crippen molar-refractivity contribution in [1.82, 2.24) is 0 Å². The Labute approximate surface area is 121 Å². The van der Waals surface area contributed by atoms with Crippen molar-refractivity contribution >= 4 is 17.3 Å². The van der Waals surface area contributed by atoms with Crippen LogP contribution in [-0.2, 0) is 0 Å². The Balaban J connectivity index is 2.14. The molecule has 7 heteroatoms. The van der Waals surface area contributed by atoms with E-state index in [1.54, 1.807) is 0 Å². The zero-order valence-corrected chi connectivity index (χ0v) is 11.5. The molecule has 0 aliphatic heterocycles. The molecule has 0 saturated heterocycles. The van der Waals surface area contributed by atoms with Crippen LogP contribution in [0.25, 0.3) is 0 Å². The zero-order valence-electron chi connectivity index (χ0n) is 11.5. The molecule has 7 nitrogen and oxygen atoms in total. The van der Waals surface area contributed by atoms with E-state index in [-0.39, 0.29) is 23.3 Å². The van der Waals surface area contributed by atoms with Gasteiger partial charge in [0.05, 0.1) is 11.0 Å². The van der Waals surface area contributed by atoms with Crippen molar-refractivity contribution in [2.75, 3.05) is 11.9 Å². The van der Waals surface area contributed by atoms with Crippen molar-refractivity contribution in [3.63, 3.8) is 0 Å². The summed E-state index contributed by atoms with van der Waals surface area (Å²) in [6.45, 7) is 0.487. The lowest BCUT2D eigenvalue weighted by molar-refractivity contribution is -0.384. The number of carboxylic acid groups (broad SMARTS) is 1. The SMILES string of the molecule is O=C(O)c1cccc(NCC2CCCC(O)C2)c1[N+](=O)[O-]. The molecular formula is C14H18N2O5. The molecule has 1 aliphatic carbocycles. The molecule has 0 amide bonds. The van der Waals surface area contributed by atoms with Crippen molar-refractivity contribution in [1.29, 1.82) is 0 Å². The van der Waals surface area contributed by atoms with E-state index in [2.05, 4.69) is 5.32 Å². The molecule has 1 fully saturated rings. The van der Waals surface area contributed by atoms with E-state index in [0.717, 1.165) is 19.3 Å². The molecule has 2 atom stereocenters. The maximum Gasteiger partial charge on any atom is 0.342 e. The molecule has 0 heterocycles. The molecule has 1 aliphatic rings. The summed E-state index contributed by atoms with van der Waals surface area (Å²) in [5.41, 5.74) is -0.532. The second-order valence-electron chi connectivity index (χ2n) is 5.33. The molecule has 1 aromatic rings. The molecule has 0 spiro atoms. The van der Waals surface area contributed by atoms with Crippen LogP contribution in [0, 0.1) is 16.0 Å². The topological polar surface area (TPSA) is 113 Å². The van der Waals surface area contributed by atoms with Crippen molar-refractivity contribution in [2.24, 2.45) is 5.92 Å². The second-order valence-corrected chi connectivity index (χ2v) is 5.33. The first-order chi connectivity index (χ1) is 9.99. The molecule has 3 N–H and O–H groups in total. The van der Waals surface area contributed by atoms with Gasteiger partial charge >= 0.3 is 11.7 Å². The Morgan fingerprint density at radius 1 is 1.43 bits per heavy atom. The molecule has 114 valence electrons. The quantitative estimate of drug-likeness (QED) is 0.567. The molecular weight excluding hydrogens is 276 g/mol. The number of aliphatic hydroxyl groups excluding tert-OH is 1. The summed E-state index contributed by atoms with van der Waals surface area (Å²) in [5.74, 6) is -1.08. The number of para-hydroxylation sites is 1. The lowest BCUT2D eigenvalue weighted by Crippen LogP contribution is -2.25. The minimum Gasteiger partial charge on any atom is -0.477 e. The van der Waals surface area contributed by atoms with E-state index in [4.69, 9.17) is 5.11 Å². The summed E-state index contributed by atoms with van der Waals surface area (Å²) < 4.78 is 0. The van der Waals surface area contributed by atoms with Gasteiger partial charge in [-0.25, -0.2) is 4.79 Å². The second kappa shape index (κ2) is 6.53. The van der Waals surface area contributed by atoms with Gasteiger partial charge in [0.25, 0.3) is 0 Å². The predicted octanol–water partition coefficient (Wildman–Crippen LogP) is 2.26. The highest BCUT2D eigenvalue weighted by Crippen LogP contribution is 2.30. The van der Waals surface area contributed by atoms with Gasteiger partial charge in [-0.05, 0) is 37.3 Å². The fourth-order valence-electron chi connectivity index (χ4n) is 2.76. The molecule has 1 aromatic carbocycles. The maximum absolute atomic E-state index is 11.1. The van der Waals surface area contributed by atoms with Gasteiger partial charge in [0.2, 0.25) is 0 Å². The third-order valence-corrected chi connectivity index (χ3v) is 3.79. The van der Waals surface area contributed by atoms with Crippen LogP contribution < -0.4 is 5.32 Å². The number of benzene rings is 1. The minimum absolute atomic E-state index is 0.208. The van der Waals surface area contributed by atoms with Crippen LogP contribution >= 0.6 is 0 Å². The predicted molar refractivity (Wildman–Crippen MR) is 76.5 cm³/mol.